The Morgan fingerprint density at radius 1 is 1.67 bits per heavy atom. The molecule has 0 aliphatic heterocycles. The average molecular weight is 127 g/mol. The molecule has 0 aromatic carbocycles. The lowest BCUT2D eigenvalue weighted by molar-refractivity contribution is -0.110. The van der Waals surface area contributed by atoms with Crippen molar-refractivity contribution in [3.8, 4) is 0 Å². The summed E-state index contributed by atoms with van der Waals surface area (Å²) in [4.78, 5) is 20.0. The number of hydrogen-bond donors (Lipinski definition) is 1. The lowest BCUT2D eigenvalue weighted by atomic mass is 10.2. The van der Waals surface area contributed by atoms with Gasteiger partial charge >= 0.3 is 0 Å². The zero-order valence-corrected chi connectivity index (χ0v) is 5.04. The number of nitrogens with two attached hydrogens (primary N) is 1. The maximum atomic E-state index is 10.1. The molecule has 0 radical (unpaired) electrons. The number of carbonyl (C=O) groups excluding carboxylic acids is 2. The van der Waals surface area contributed by atoms with Crippen LogP contribution >= 0.6 is 0 Å². The molecule has 1 saturated carbocycles. The van der Waals surface area contributed by atoms with Gasteiger partial charge in [0.25, 0.3) is 0 Å². The highest BCUT2D eigenvalue weighted by Crippen LogP contribution is 2.40. The summed E-state index contributed by atoms with van der Waals surface area (Å²) in [6, 6.07) is 0. The van der Waals surface area contributed by atoms with Gasteiger partial charge < -0.3 is 15.3 Å². The van der Waals surface area contributed by atoms with Gasteiger partial charge in [0.1, 0.15) is 12.6 Å². The van der Waals surface area contributed by atoms with Gasteiger partial charge in [0, 0.05) is 6.42 Å². The Morgan fingerprint density at radius 3 is 2.67 bits per heavy atom. The first-order valence-electron chi connectivity index (χ1n) is 2.92. The Hall–Kier alpha value is -0.700. The summed E-state index contributed by atoms with van der Waals surface area (Å²) >= 11 is 0. The zero-order valence-electron chi connectivity index (χ0n) is 5.04. The van der Waals surface area contributed by atoms with Crippen molar-refractivity contribution in [3.05, 3.63) is 0 Å². The molecule has 2 unspecified atom stereocenters. The quantitative estimate of drug-likeness (QED) is 0.519. The molecule has 2 atom stereocenters. The van der Waals surface area contributed by atoms with Crippen LogP contribution in [0.25, 0.3) is 0 Å². The third kappa shape index (κ3) is 1.00. The van der Waals surface area contributed by atoms with Gasteiger partial charge in [-0.05, 0) is 12.3 Å². The minimum absolute atomic E-state index is 0.118. The Bertz CT molecular complexity index is 146. The molecular formula is C6H9NO2. The molecular weight excluding hydrogens is 118 g/mol. The van der Waals surface area contributed by atoms with E-state index in [2.05, 4.69) is 0 Å². The Labute approximate surface area is 53.2 Å². The summed E-state index contributed by atoms with van der Waals surface area (Å²) in [5.74, 6) is 0.118. The topological polar surface area (TPSA) is 60.2 Å². The van der Waals surface area contributed by atoms with Crippen LogP contribution in [0.1, 0.15) is 12.8 Å². The monoisotopic (exact) mass is 127 g/mol. The molecule has 0 amide bonds. The van der Waals surface area contributed by atoms with Crippen LogP contribution in [0.15, 0.2) is 0 Å². The van der Waals surface area contributed by atoms with Crippen LogP contribution in [0.5, 0.6) is 0 Å². The van der Waals surface area contributed by atoms with Crippen LogP contribution in [0.3, 0.4) is 0 Å². The van der Waals surface area contributed by atoms with E-state index in [1.807, 2.05) is 0 Å². The van der Waals surface area contributed by atoms with E-state index in [0.29, 0.717) is 12.8 Å². The highest BCUT2D eigenvalue weighted by molar-refractivity contribution is 5.71. The largest absolute Gasteiger partial charge is 0.319 e. The normalized spacial score (nSPS) is 39.9. The molecule has 0 saturated heterocycles. The molecule has 0 bridgehead atoms. The van der Waals surface area contributed by atoms with Gasteiger partial charge in [0.05, 0.1) is 5.54 Å². The van der Waals surface area contributed by atoms with Crippen molar-refractivity contribution in [1.29, 1.82) is 0 Å². The van der Waals surface area contributed by atoms with Crippen molar-refractivity contribution < 1.29 is 9.59 Å². The maximum absolute atomic E-state index is 10.1. The molecule has 3 nitrogen and oxygen atoms in total. The van der Waals surface area contributed by atoms with Gasteiger partial charge in [0.15, 0.2) is 0 Å². The van der Waals surface area contributed by atoms with Gasteiger partial charge in [-0.25, -0.2) is 0 Å². The molecule has 9 heavy (non-hydrogen) atoms. The summed E-state index contributed by atoms with van der Waals surface area (Å²) in [7, 11) is 0. The highest BCUT2D eigenvalue weighted by atomic mass is 16.1. The second-order valence-corrected chi connectivity index (χ2v) is 2.53. The molecule has 1 fully saturated rings. The molecule has 0 spiro atoms. The lowest BCUT2D eigenvalue weighted by Gasteiger charge is -1.95. The Morgan fingerprint density at radius 2 is 2.33 bits per heavy atom. The predicted octanol–water partition coefficient (Wildman–Crippen LogP) is -0.508. The van der Waals surface area contributed by atoms with Crippen molar-refractivity contribution in [2.75, 3.05) is 0 Å². The Kier molecular flexibility index (Phi) is 1.37. The van der Waals surface area contributed by atoms with E-state index in [9.17, 15) is 9.59 Å². The fraction of sp³-hybridized carbons (Fsp3) is 0.667. The van der Waals surface area contributed by atoms with Crippen LogP contribution in [0.2, 0.25) is 0 Å². The van der Waals surface area contributed by atoms with Gasteiger partial charge in [0.2, 0.25) is 0 Å². The number of hydrogen-bond acceptors (Lipinski definition) is 3. The van der Waals surface area contributed by atoms with Crippen LogP contribution < -0.4 is 5.73 Å². The zero-order chi connectivity index (χ0) is 6.91. The standard InChI is InChI=1S/C6H9NO2/c7-6(4-9)3-5(6)1-2-8/h2,4-5H,1,3,7H2. The van der Waals surface area contributed by atoms with Crippen molar-refractivity contribution in [3.63, 3.8) is 0 Å². The Balaban J connectivity index is 2.38. The minimum atomic E-state index is -0.652. The van der Waals surface area contributed by atoms with Gasteiger partial charge in [-0.2, -0.15) is 0 Å². The predicted molar refractivity (Wildman–Crippen MR) is 31.8 cm³/mol. The van der Waals surface area contributed by atoms with Crippen molar-refractivity contribution in [2.24, 2.45) is 11.7 Å². The van der Waals surface area contributed by atoms with Crippen molar-refractivity contribution >= 4 is 12.6 Å². The summed E-state index contributed by atoms with van der Waals surface area (Å²) in [5, 5.41) is 0. The molecule has 3 heteroatoms. The van der Waals surface area contributed by atoms with E-state index in [0.717, 1.165) is 12.6 Å². The highest BCUT2D eigenvalue weighted by Gasteiger charge is 2.50. The van der Waals surface area contributed by atoms with E-state index in [1.54, 1.807) is 0 Å². The molecule has 1 aliphatic rings. The molecule has 2 N–H and O–H groups in total. The van der Waals surface area contributed by atoms with E-state index in [-0.39, 0.29) is 5.92 Å². The molecule has 0 aromatic heterocycles. The third-order valence-corrected chi connectivity index (χ3v) is 1.80. The van der Waals surface area contributed by atoms with Crippen LogP contribution in [0, 0.1) is 5.92 Å². The minimum Gasteiger partial charge on any atom is -0.319 e. The molecule has 0 heterocycles. The average Bonchev–Trinajstić information content (AvgIpc) is 2.46. The number of aldehydes is 2. The summed E-state index contributed by atoms with van der Waals surface area (Å²) in [6.07, 6.45) is 2.65. The number of carbonyl (C=O) groups is 2. The second kappa shape index (κ2) is 1.92. The molecule has 1 rings (SSSR count). The molecule has 50 valence electrons. The van der Waals surface area contributed by atoms with Gasteiger partial charge in [-0.1, -0.05) is 0 Å². The smallest absolute Gasteiger partial charge is 0.140 e. The first kappa shape index (κ1) is 6.42. The van der Waals surface area contributed by atoms with Crippen LogP contribution in [-0.4, -0.2) is 18.1 Å². The van der Waals surface area contributed by atoms with Crippen LogP contribution in [-0.2, 0) is 9.59 Å². The summed E-state index contributed by atoms with van der Waals surface area (Å²) in [5.41, 5.74) is 4.80. The molecule has 0 aromatic rings. The number of rotatable bonds is 3. The van der Waals surface area contributed by atoms with E-state index >= 15 is 0 Å². The van der Waals surface area contributed by atoms with Crippen molar-refractivity contribution in [2.45, 2.75) is 18.4 Å². The van der Waals surface area contributed by atoms with Gasteiger partial charge in [-0.15, -0.1) is 0 Å². The lowest BCUT2D eigenvalue weighted by Crippen LogP contribution is -2.26. The first-order chi connectivity index (χ1) is 4.23. The van der Waals surface area contributed by atoms with E-state index < -0.39 is 5.54 Å². The third-order valence-electron chi connectivity index (χ3n) is 1.80. The van der Waals surface area contributed by atoms with E-state index in [1.165, 1.54) is 0 Å². The fourth-order valence-electron chi connectivity index (χ4n) is 0.931. The second-order valence-electron chi connectivity index (χ2n) is 2.53. The van der Waals surface area contributed by atoms with Gasteiger partial charge in [-0.3, -0.25) is 0 Å². The van der Waals surface area contributed by atoms with Crippen LogP contribution in [0.4, 0.5) is 0 Å². The molecule has 1 aliphatic carbocycles. The van der Waals surface area contributed by atoms with Crippen molar-refractivity contribution in [1.82, 2.24) is 0 Å². The maximum Gasteiger partial charge on any atom is 0.140 e. The van der Waals surface area contributed by atoms with E-state index in [4.69, 9.17) is 5.73 Å². The summed E-state index contributed by atoms with van der Waals surface area (Å²) < 4.78 is 0. The first-order valence-corrected chi connectivity index (χ1v) is 2.92. The fourth-order valence-corrected chi connectivity index (χ4v) is 0.931. The summed E-state index contributed by atoms with van der Waals surface area (Å²) in [6.45, 7) is 0. The SMILES string of the molecule is NC1(C=O)CC1CC=O.